The van der Waals surface area contributed by atoms with Gasteiger partial charge in [0.25, 0.3) is 5.91 Å². The summed E-state index contributed by atoms with van der Waals surface area (Å²) in [4.78, 5) is 44.3. The quantitative estimate of drug-likeness (QED) is 0.549. The summed E-state index contributed by atoms with van der Waals surface area (Å²) < 4.78 is 5.32. The van der Waals surface area contributed by atoms with E-state index in [9.17, 15) is 19.6 Å². The van der Waals surface area contributed by atoms with Crippen LogP contribution in [0, 0.1) is 0 Å². The molecule has 2 N–H and O–H groups in total. The fraction of sp³-hybridized carbons (Fsp3) is 0.812. The lowest BCUT2D eigenvalue weighted by Gasteiger charge is -2.41. The molecular weight excluding hydrogens is 344 g/mol. The average Bonchev–Trinajstić information content (AvgIpc) is 2.50. The minimum Gasteiger partial charge on any atom is -0.444 e. The van der Waals surface area contributed by atoms with Crippen LogP contribution in [0.4, 0.5) is 9.59 Å². The van der Waals surface area contributed by atoms with Gasteiger partial charge < -0.3 is 14.5 Å². The lowest BCUT2D eigenvalue weighted by atomic mass is 10.1. The van der Waals surface area contributed by atoms with Gasteiger partial charge in [0, 0.05) is 13.1 Å². The molecule has 2 heterocycles. The minimum atomic E-state index is -0.695. The zero-order valence-electron chi connectivity index (χ0n) is 15.7. The van der Waals surface area contributed by atoms with Gasteiger partial charge in [0.05, 0.1) is 19.2 Å². The first-order valence-electron chi connectivity index (χ1n) is 8.82. The van der Waals surface area contributed by atoms with E-state index in [-0.39, 0.29) is 19.2 Å². The van der Waals surface area contributed by atoms with Crippen LogP contribution in [0.3, 0.4) is 0 Å². The number of hydrogen-bond acceptors (Lipinski definition) is 6. The van der Waals surface area contributed by atoms with E-state index in [4.69, 9.17) is 9.57 Å². The van der Waals surface area contributed by atoms with Crippen molar-refractivity contribution in [1.82, 2.24) is 20.3 Å². The Morgan fingerprint density at radius 1 is 1.27 bits per heavy atom. The van der Waals surface area contributed by atoms with Crippen molar-refractivity contribution in [3.8, 4) is 0 Å². The third-order valence-corrected chi connectivity index (χ3v) is 4.32. The van der Waals surface area contributed by atoms with E-state index in [1.54, 1.807) is 32.6 Å². The molecule has 148 valence electrons. The van der Waals surface area contributed by atoms with Crippen LogP contribution in [0.1, 0.15) is 40.5 Å². The summed E-state index contributed by atoms with van der Waals surface area (Å²) in [6.45, 7) is 8.24. The maximum absolute atomic E-state index is 12.3. The van der Waals surface area contributed by atoms with Crippen LogP contribution in [-0.2, 0) is 14.4 Å². The number of hydrogen-bond donors (Lipinski definition) is 2. The first-order chi connectivity index (χ1) is 12.1. The monoisotopic (exact) mass is 372 g/mol. The summed E-state index contributed by atoms with van der Waals surface area (Å²) in [5.74, 6) is -0.448. The second-order valence-electron chi connectivity index (χ2n) is 7.39. The average molecular weight is 372 g/mol. The Morgan fingerprint density at radius 2 is 1.96 bits per heavy atom. The number of likely N-dealkylation sites (tertiary alicyclic amines) is 1. The van der Waals surface area contributed by atoms with Crippen molar-refractivity contribution in [1.29, 1.82) is 0 Å². The normalized spacial score (nSPS) is 23.6. The van der Waals surface area contributed by atoms with Gasteiger partial charge >= 0.3 is 12.1 Å². The number of nitrogens with one attached hydrogen (secondary N) is 1. The summed E-state index contributed by atoms with van der Waals surface area (Å²) in [5, 5.41) is 10.1. The number of hydroxylamine groups is 3. The number of ether oxygens (including phenoxy) is 1. The molecule has 2 saturated heterocycles. The van der Waals surface area contributed by atoms with E-state index in [0.717, 1.165) is 6.42 Å². The van der Waals surface area contributed by atoms with Crippen LogP contribution in [0.2, 0.25) is 0 Å². The molecule has 0 bridgehead atoms. The smallest absolute Gasteiger partial charge is 0.410 e. The maximum Gasteiger partial charge on any atom is 0.410 e. The van der Waals surface area contributed by atoms with Crippen molar-refractivity contribution in [2.75, 3.05) is 26.2 Å². The first kappa shape index (κ1) is 20.2. The summed E-state index contributed by atoms with van der Waals surface area (Å²) in [6.07, 6.45) is 0.665. The largest absolute Gasteiger partial charge is 0.444 e. The molecule has 2 fully saturated rings. The lowest BCUT2D eigenvalue weighted by Crippen LogP contribution is -2.59. The third kappa shape index (κ3) is 4.76. The van der Waals surface area contributed by atoms with Gasteiger partial charge in [-0.1, -0.05) is 0 Å². The second-order valence-corrected chi connectivity index (χ2v) is 7.39. The lowest BCUT2D eigenvalue weighted by molar-refractivity contribution is -0.146. The summed E-state index contributed by atoms with van der Waals surface area (Å²) in [5.41, 5.74) is 1.78. The van der Waals surface area contributed by atoms with E-state index in [0.29, 0.717) is 24.6 Å². The molecule has 0 aliphatic carbocycles. The highest BCUT2D eigenvalue weighted by molar-refractivity contribution is 5.87. The van der Waals surface area contributed by atoms with Crippen molar-refractivity contribution < 1.29 is 29.2 Å². The molecule has 0 unspecified atom stereocenters. The standard InChI is InChI=1S/C16H28N4O6/c1-5-18-12(7-9-20(24)14(18)22)13(21)17-25-10-11-6-8-19(11)15(23)26-16(2,3)4/h11-12,24H,5-10H2,1-4H3,(H,17,21)/t11-,12-/m0/s1. The fourth-order valence-corrected chi connectivity index (χ4v) is 2.86. The molecule has 2 atom stereocenters. The Labute approximate surface area is 152 Å². The van der Waals surface area contributed by atoms with Crippen molar-refractivity contribution in [2.24, 2.45) is 0 Å². The van der Waals surface area contributed by atoms with E-state index >= 15 is 0 Å². The minimum absolute atomic E-state index is 0.0858. The number of carbonyl (C=O) groups is 3. The number of amides is 4. The van der Waals surface area contributed by atoms with Gasteiger partial charge in [-0.15, -0.1) is 0 Å². The fourth-order valence-electron chi connectivity index (χ4n) is 2.86. The molecular formula is C16H28N4O6. The highest BCUT2D eigenvalue weighted by Crippen LogP contribution is 2.21. The van der Waals surface area contributed by atoms with Crippen LogP contribution in [0.25, 0.3) is 0 Å². The maximum atomic E-state index is 12.3. The van der Waals surface area contributed by atoms with E-state index in [1.165, 1.54) is 4.90 Å². The molecule has 0 aromatic carbocycles. The number of rotatable bonds is 5. The van der Waals surface area contributed by atoms with Gasteiger partial charge in [0.15, 0.2) is 0 Å². The number of urea groups is 1. The molecule has 0 aromatic rings. The first-order valence-corrected chi connectivity index (χ1v) is 8.82. The molecule has 0 spiro atoms. The molecule has 2 aliphatic heterocycles. The van der Waals surface area contributed by atoms with Crippen LogP contribution < -0.4 is 5.48 Å². The molecule has 0 aromatic heterocycles. The topological polar surface area (TPSA) is 112 Å². The summed E-state index contributed by atoms with van der Waals surface area (Å²) in [7, 11) is 0. The summed E-state index contributed by atoms with van der Waals surface area (Å²) >= 11 is 0. The predicted octanol–water partition coefficient (Wildman–Crippen LogP) is 0.949. The Kier molecular flexibility index (Phi) is 6.30. The van der Waals surface area contributed by atoms with Crippen LogP contribution >= 0.6 is 0 Å². The molecule has 10 heteroatoms. The number of carbonyl (C=O) groups excluding carboxylic acids is 3. The Balaban J connectivity index is 1.78. The zero-order chi connectivity index (χ0) is 19.5. The van der Waals surface area contributed by atoms with Crippen molar-refractivity contribution in [3.05, 3.63) is 0 Å². The van der Waals surface area contributed by atoms with E-state index in [1.807, 2.05) is 0 Å². The van der Waals surface area contributed by atoms with E-state index < -0.39 is 29.7 Å². The van der Waals surface area contributed by atoms with Gasteiger partial charge in [-0.2, -0.15) is 0 Å². The molecule has 26 heavy (non-hydrogen) atoms. The summed E-state index contributed by atoms with van der Waals surface area (Å²) in [6, 6.07) is -1.46. The second kappa shape index (κ2) is 8.09. The number of likely N-dealkylation sites (N-methyl/N-ethyl adjacent to an activating group) is 1. The van der Waals surface area contributed by atoms with Gasteiger partial charge in [-0.25, -0.2) is 20.1 Å². The van der Waals surface area contributed by atoms with Gasteiger partial charge in [0.1, 0.15) is 11.6 Å². The Morgan fingerprint density at radius 3 is 2.50 bits per heavy atom. The van der Waals surface area contributed by atoms with Crippen LogP contribution in [0.15, 0.2) is 0 Å². The zero-order valence-corrected chi connectivity index (χ0v) is 15.7. The van der Waals surface area contributed by atoms with Crippen molar-refractivity contribution in [2.45, 2.75) is 58.2 Å². The Hall–Kier alpha value is -2.07. The predicted molar refractivity (Wildman–Crippen MR) is 90.1 cm³/mol. The SMILES string of the molecule is CCN1C(=O)N(O)CC[C@H]1C(=O)NOC[C@@H]1CCN1C(=O)OC(C)(C)C. The third-order valence-electron chi connectivity index (χ3n) is 4.32. The Bertz CT molecular complexity index is 549. The van der Waals surface area contributed by atoms with Crippen LogP contribution in [0.5, 0.6) is 0 Å². The molecule has 10 nitrogen and oxygen atoms in total. The van der Waals surface area contributed by atoms with Crippen molar-refractivity contribution >= 4 is 18.0 Å². The van der Waals surface area contributed by atoms with Gasteiger partial charge in [0.2, 0.25) is 0 Å². The molecule has 0 saturated carbocycles. The molecule has 2 aliphatic rings. The highest BCUT2D eigenvalue weighted by atomic mass is 16.7. The highest BCUT2D eigenvalue weighted by Gasteiger charge is 2.38. The van der Waals surface area contributed by atoms with Gasteiger partial charge in [-0.3, -0.25) is 14.8 Å². The number of nitrogens with zero attached hydrogens (tertiary/aromatic N) is 3. The molecule has 4 amide bonds. The van der Waals surface area contributed by atoms with Gasteiger partial charge in [-0.05, 0) is 40.5 Å². The van der Waals surface area contributed by atoms with Crippen molar-refractivity contribution in [3.63, 3.8) is 0 Å². The molecule has 0 radical (unpaired) electrons. The molecule has 2 rings (SSSR count). The van der Waals surface area contributed by atoms with E-state index in [2.05, 4.69) is 5.48 Å². The van der Waals surface area contributed by atoms with Crippen LogP contribution in [-0.4, -0.2) is 82.0 Å².